The number of halogens is 1. The highest BCUT2D eigenvalue weighted by atomic mass is 35.5. The number of para-hydroxylation sites is 1. The summed E-state index contributed by atoms with van der Waals surface area (Å²) in [6.07, 6.45) is 1.46. The van der Waals surface area contributed by atoms with Crippen molar-refractivity contribution in [2.75, 3.05) is 17.2 Å². The largest absolute Gasteiger partial charge is 0.462 e. The number of anilines is 3. The van der Waals surface area contributed by atoms with Crippen molar-refractivity contribution < 1.29 is 9.53 Å². The number of carbonyl (C=O) groups excluding carboxylic acids is 1. The Morgan fingerprint density at radius 2 is 1.81 bits per heavy atom. The zero-order chi connectivity index (χ0) is 19.1. The van der Waals surface area contributed by atoms with E-state index in [0.29, 0.717) is 41.1 Å². The molecule has 6 nitrogen and oxygen atoms in total. The van der Waals surface area contributed by atoms with E-state index in [1.165, 1.54) is 6.33 Å². The molecule has 1 heterocycles. The van der Waals surface area contributed by atoms with Gasteiger partial charge in [-0.1, -0.05) is 35.9 Å². The lowest BCUT2D eigenvalue weighted by Gasteiger charge is -2.12. The fourth-order valence-corrected chi connectivity index (χ4v) is 2.56. The van der Waals surface area contributed by atoms with Crippen molar-refractivity contribution in [3.63, 3.8) is 0 Å². The lowest BCUT2D eigenvalue weighted by atomic mass is 10.2. The summed E-state index contributed by atoms with van der Waals surface area (Å²) < 4.78 is 5.09. The molecule has 0 aliphatic heterocycles. The third kappa shape index (κ3) is 5.18. The molecular formula is C20H19ClN4O2. The molecule has 0 aliphatic carbocycles. The van der Waals surface area contributed by atoms with Crippen molar-refractivity contribution in [3.05, 3.63) is 77.1 Å². The average molecular weight is 383 g/mol. The van der Waals surface area contributed by atoms with E-state index in [0.717, 1.165) is 5.56 Å². The van der Waals surface area contributed by atoms with Crippen LogP contribution in [-0.4, -0.2) is 22.5 Å². The summed E-state index contributed by atoms with van der Waals surface area (Å²) in [6, 6.07) is 16.5. The highest BCUT2D eigenvalue weighted by Crippen LogP contribution is 2.21. The van der Waals surface area contributed by atoms with Crippen molar-refractivity contribution in [1.82, 2.24) is 9.97 Å². The van der Waals surface area contributed by atoms with Gasteiger partial charge in [-0.3, -0.25) is 0 Å². The second-order valence-corrected chi connectivity index (χ2v) is 6.10. The van der Waals surface area contributed by atoms with Gasteiger partial charge in [-0.15, -0.1) is 0 Å². The van der Waals surface area contributed by atoms with Crippen molar-refractivity contribution in [2.45, 2.75) is 13.5 Å². The van der Waals surface area contributed by atoms with Crippen LogP contribution in [-0.2, 0) is 11.3 Å². The summed E-state index contributed by atoms with van der Waals surface area (Å²) in [5.74, 6) is 0.854. The molecule has 0 fully saturated rings. The average Bonchev–Trinajstić information content (AvgIpc) is 2.68. The molecule has 0 unspecified atom stereocenters. The van der Waals surface area contributed by atoms with E-state index in [1.807, 2.05) is 30.3 Å². The van der Waals surface area contributed by atoms with Crippen LogP contribution in [0.4, 0.5) is 17.3 Å². The van der Waals surface area contributed by atoms with Crippen molar-refractivity contribution >= 4 is 34.9 Å². The molecule has 0 saturated carbocycles. The van der Waals surface area contributed by atoms with Crippen LogP contribution in [0.15, 0.2) is 60.9 Å². The molecule has 1 aromatic heterocycles. The first-order valence-corrected chi connectivity index (χ1v) is 8.87. The van der Waals surface area contributed by atoms with E-state index in [1.54, 1.807) is 31.2 Å². The Bertz CT molecular complexity index is 916. The molecule has 0 saturated heterocycles. The lowest BCUT2D eigenvalue weighted by molar-refractivity contribution is 0.0527. The normalized spacial score (nSPS) is 10.3. The maximum absolute atomic E-state index is 12.1. The van der Waals surface area contributed by atoms with Crippen molar-refractivity contribution in [3.8, 4) is 0 Å². The number of nitrogens with one attached hydrogen (secondary N) is 2. The van der Waals surface area contributed by atoms with Crippen LogP contribution in [0.1, 0.15) is 22.8 Å². The molecule has 138 valence electrons. The molecule has 27 heavy (non-hydrogen) atoms. The van der Waals surface area contributed by atoms with Crippen LogP contribution in [0.2, 0.25) is 5.02 Å². The molecule has 7 heteroatoms. The van der Waals surface area contributed by atoms with Crippen LogP contribution in [0.5, 0.6) is 0 Å². The lowest BCUT2D eigenvalue weighted by Crippen LogP contribution is -2.08. The number of hydrogen-bond acceptors (Lipinski definition) is 6. The van der Waals surface area contributed by atoms with Gasteiger partial charge >= 0.3 is 5.97 Å². The maximum atomic E-state index is 12.1. The summed E-state index contributed by atoms with van der Waals surface area (Å²) in [5.41, 5.74) is 2.16. The summed E-state index contributed by atoms with van der Waals surface area (Å²) in [4.78, 5) is 20.5. The van der Waals surface area contributed by atoms with Crippen LogP contribution >= 0.6 is 11.6 Å². The Labute approximate surface area is 162 Å². The molecule has 0 bridgehead atoms. The first kappa shape index (κ1) is 18.7. The number of ether oxygens (including phenoxy) is 1. The van der Waals surface area contributed by atoms with Gasteiger partial charge in [-0.05, 0) is 36.8 Å². The SMILES string of the molecule is CCOC(=O)c1ccccc1Nc1cc(NCc2ccc(Cl)cc2)ncn1. The highest BCUT2D eigenvalue weighted by molar-refractivity contribution is 6.30. The number of benzene rings is 2. The Hall–Kier alpha value is -3.12. The molecule has 3 aromatic rings. The van der Waals surface area contributed by atoms with E-state index in [4.69, 9.17) is 16.3 Å². The number of esters is 1. The second-order valence-electron chi connectivity index (χ2n) is 5.66. The van der Waals surface area contributed by atoms with Crippen molar-refractivity contribution in [1.29, 1.82) is 0 Å². The molecule has 0 atom stereocenters. The minimum atomic E-state index is -0.379. The number of nitrogens with zero attached hydrogens (tertiary/aromatic N) is 2. The topological polar surface area (TPSA) is 76.1 Å². The third-order valence-corrected chi connectivity index (χ3v) is 3.99. The zero-order valence-corrected chi connectivity index (χ0v) is 15.5. The molecule has 0 spiro atoms. The van der Waals surface area contributed by atoms with Gasteiger partial charge in [0.2, 0.25) is 0 Å². The van der Waals surface area contributed by atoms with E-state index in [-0.39, 0.29) is 5.97 Å². The summed E-state index contributed by atoms with van der Waals surface area (Å²) in [6.45, 7) is 2.70. The second kappa shape index (κ2) is 9.00. The monoisotopic (exact) mass is 382 g/mol. The van der Waals surface area contributed by atoms with E-state index in [2.05, 4.69) is 20.6 Å². The standard InChI is InChI=1S/C20H19ClN4O2/c1-2-27-20(26)16-5-3-4-6-17(16)25-19-11-18(23-13-24-19)22-12-14-7-9-15(21)10-8-14/h3-11,13H,2,12H2,1H3,(H2,22,23,24,25). The van der Waals surface area contributed by atoms with Gasteiger partial charge in [-0.2, -0.15) is 0 Å². The molecule has 2 N–H and O–H groups in total. The van der Waals surface area contributed by atoms with Crippen LogP contribution in [0.25, 0.3) is 0 Å². The van der Waals surface area contributed by atoms with Gasteiger partial charge in [0.05, 0.1) is 17.9 Å². The zero-order valence-electron chi connectivity index (χ0n) is 14.8. The van der Waals surface area contributed by atoms with Crippen LogP contribution in [0, 0.1) is 0 Å². The van der Waals surface area contributed by atoms with E-state index >= 15 is 0 Å². The Morgan fingerprint density at radius 3 is 2.59 bits per heavy atom. The molecule has 3 rings (SSSR count). The predicted molar refractivity (Wildman–Crippen MR) is 106 cm³/mol. The minimum absolute atomic E-state index is 0.319. The quantitative estimate of drug-likeness (QED) is 0.578. The number of rotatable bonds is 7. The fourth-order valence-electron chi connectivity index (χ4n) is 2.43. The van der Waals surface area contributed by atoms with Gasteiger partial charge in [0.15, 0.2) is 0 Å². The number of hydrogen-bond donors (Lipinski definition) is 2. The summed E-state index contributed by atoms with van der Waals surface area (Å²) >= 11 is 5.90. The summed E-state index contributed by atoms with van der Waals surface area (Å²) in [5, 5.41) is 7.09. The number of carbonyl (C=O) groups is 1. The van der Waals surface area contributed by atoms with E-state index in [9.17, 15) is 4.79 Å². The molecule has 2 aromatic carbocycles. The highest BCUT2D eigenvalue weighted by Gasteiger charge is 2.12. The minimum Gasteiger partial charge on any atom is -0.462 e. The fraction of sp³-hybridized carbons (Fsp3) is 0.150. The predicted octanol–water partition coefficient (Wildman–Crippen LogP) is 4.66. The van der Waals surface area contributed by atoms with Crippen molar-refractivity contribution in [2.24, 2.45) is 0 Å². The van der Waals surface area contributed by atoms with Gasteiger partial charge in [-0.25, -0.2) is 14.8 Å². The Kier molecular flexibility index (Phi) is 6.22. The first-order valence-electron chi connectivity index (χ1n) is 8.49. The first-order chi connectivity index (χ1) is 13.2. The number of aromatic nitrogens is 2. The van der Waals surface area contributed by atoms with Gasteiger partial charge in [0, 0.05) is 17.6 Å². The summed E-state index contributed by atoms with van der Waals surface area (Å²) in [7, 11) is 0. The molecular weight excluding hydrogens is 364 g/mol. The molecule has 0 radical (unpaired) electrons. The third-order valence-electron chi connectivity index (χ3n) is 3.74. The molecule has 0 aliphatic rings. The van der Waals surface area contributed by atoms with Gasteiger partial charge < -0.3 is 15.4 Å². The molecule has 0 amide bonds. The van der Waals surface area contributed by atoms with Crippen LogP contribution in [0.3, 0.4) is 0 Å². The smallest absolute Gasteiger partial charge is 0.340 e. The Balaban J connectivity index is 1.71. The van der Waals surface area contributed by atoms with E-state index < -0.39 is 0 Å². The maximum Gasteiger partial charge on any atom is 0.340 e. The Morgan fingerprint density at radius 1 is 1.07 bits per heavy atom. The van der Waals surface area contributed by atoms with Gasteiger partial charge in [0.1, 0.15) is 18.0 Å². The van der Waals surface area contributed by atoms with Crippen LogP contribution < -0.4 is 10.6 Å². The van der Waals surface area contributed by atoms with Gasteiger partial charge in [0.25, 0.3) is 0 Å².